The second kappa shape index (κ2) is 6.71. The average molecular weight is 200 g/mol. The van der Waals surface area contributed by atoms with Crippen LogP contribution in [-0.4, -0.2) is 24.2 Å². The van der Waals surface area contributed by atoms with Crippen molar-refractivity contribution in [1.82, 2.24) is 0 Å². The SMILES string of the molecule is CCC(=O)O.COC(=O)c1ccoc1. The van der Waals surface area contributed by atoms with Crippen molar-refractivity contribution in [3.05, 3.63) is 24.2 Å². The molecule has 0 bridgehead atoms. The summed E-state index contributed by atoms with van der Waals surface area (Å²) in [6, 6.07) is 1.55. The van der Waals surface area contributed by atoms with Gasteiger partial charge in [0.1, 0.15) is 6.26 Å². The van der Waals surface area contributed by atoms with Crippen LogP contribution < -0.4 is 0 Å². The maximum atomic E-state index is 10.6. The molecule has 0 aliphatic rings. The molecule has 5 heteroatoms. The summed E-state index contributed by atoms with van der Waals surface area (Å²) >= 11 is 0. The Labute approximate surface area is 81.3 Å². The normalized spacial score (nSPS) is 8.43. The van der Waals surface area contributed by atoms with Crippen LogP contribution in [0.5, 0.6) is 0 Å². The first kappa shape index (κ1) is 12.2. The van der Waals surface area contributed by atoms with Gasteiger partial charge in [0.15, 0.2) is 0 Å². The van der Waals surface area contributed by atoms with Crippen molar-refractivity contribution in [1.29, 1.82) is 0 Å². The van der Waals surface area contributed by atoms with Gasteiger partial charge in [0.2, 0.25) is 0 Å². The van der Waals surface area contributed by atoms with E-state index in [1.165, 1.54) is 19.6 Å². The third-order valence-electron chi connectivity index (χ3n) is 1.24. The first-order valence-electron chi connectivity index (χ1n) is 3.94. The smallest absolute Gasteiger partial charge is 0.341 e. The highest BCUT2D eigenvalue weighted by Crippen LogP contribution is 2.00. The number of carbonyl (C=O) groups excluding carboxylic acids is 1. The number of furan rings is 1. The second-order valence-electron chi connectivity index (χ2n) is 2.25. The minimum atomic E-state index is -0.745. The van der Waals surface area contributed by atoms with Gasteiger partial charge in [-0.05, 0) is 6.07 Å². The predicted octanol–water partition coefficient (Wildman–Crippen LogP) is 1.55. The van der Waals surface area contributed by atoms with Crippen LogP contribution in [0.2, 0.25) is 0 Å². The Morgan fingerprint density at radius 2 is 2.14 bits per heavy atom. The highest BCUT2D eigenvalue weighted by atomic mass is 16.5. The number of aliphatic carboxylic acids is 1. The Bertz CT molecular complexity index is 275. The van der Waals surface area contributed by atoms with E-state index in [-0.39, 0.29) is 12.4 Å². The summed E-state index contributed by atoms with van der Waals surface area (Å²) in [5.74, 6) is -1.12. The summed E-state index contributed by atoms with van der Waals surface area (Å²) < 4.78 is 9.03. The van der Waals surface area contributed by atoms with Crippen molar-refractivity contribution in [2.45, 2.75) is 13.3 Å². The van der Waals surface area contributed by atoms with E-state index < -0.39 is 5.97 Å². The van der Waals surface area contributed by atoms with Crippen LogP contribution in [-0.2, 0) is 9.53 Å². The molecule has 0 unspecified atom stereocenters. The van der Waals surface area contributed by atoms with Crippen LogP contribution in [0.15, 0.2) is 23.0 Å². The van der Waals surface area contributed by atoms with Crippen LogP contribution in [0.25, 0.3) is 0 Å². The van der Waals surface area contributed by atoms with E-state index in [2.05, 4.69) is 9.15 Å². The quantitative estimate of drug-likeness (QED) is 0.733. The fraction of sp³-hybridized carbons (Fsp3) is 0.333. The first-order valence-corrected chi connectivity index (χ1v) is 3.94. The van der Waals surface area contributed by atoms with Gasteiger partial charge in [0, 0.05) is 6.42 Å². The summed E-state index contributed by atoms with van der Waals surface area (Å²) in [6.07, 6.45) is 2.98. The molecule has 1 aromatic rings. The topological polar surface area (TPSA) is 76.7 Å². The van der Waals surface area contributed by atoms with E-state index in [9.17, 15) is 9.59 Å². The van der Waals surface area contributed by atoms with Crippen LogP contribution in [0.3, 0.4) is 0 Å². The summed E-state index contributed by atoms with van der Waals surface area (Å²) in [7, 11) is 1.33. The molecular formula is C9H12O5. The lowest BCUT2D eigenvalue weighted by Gasteiger charge is -1.89. The minimum absolute atomic E-state index is 0.222. The van der Waals surface area contributed by atoms with E-state index in [0.717, 1.165) is 0 Å². The van der Waals surface area contributed by atoms with E-state index >= 15 is 0 Å². The lowest BCUT2D eigenvalue weighted by molar-refractivity contribution is -0.136. The largest absolute Gasteiger partial charge is 0.481 e. The van der Waals surface area contributed by atoms with Gasteiger partial charge < -0.3 is 14.3 Å². The Kier molecular flexibility index (Phi) is 5.85. The first-order chi connectivity index (χ1) is 6.61. The zero-order chi connectivity index (χ0) is 11.0. The fourth-order valence-electron chi connectivity index (χ4n) is 0.498. The molecule has 0 radical (unpaired) electrons. The van der Waals surface area contributed by atoms with Gasteiger partial charge in [-0.1, -0.05) is 6.92 Å². The van der Waals surface area contributed by atoms with Crippen LogP contribution >= 0.6 is 0 Å². The van der Waals surface area contributed by atoms with Crippen molar-refractivity contribution in [2.75, 3.05) is 7.11 Å². The van der Waals surface area contributed by atoms with Gasteiger partial charge >= 0.3 is 11.9 Å². The molecule has 78 valence electrons. The number of hydrogen-bond acceptors (Lipinski definition) is 4. The van der Waals surface area contributed by atoms with Crippen molar-refractivity contribution in [2.24, 2.45) is 0 Å². The van der Waals surface area contributed by atoms with E-state index in [4.69, 9.17) is 5.11 Å². The highest BCUT2D eigenvalue weighted by molar-refractivity contribution is 5.88. The average Bonchev–Trinajstić information content (AvgIpc) is 2.70. The Balaban J connectivity index is 0.000000292. The molecule has 0 saturated carbocycles. The van der Waals surface area contributed by atoms with Gasteiger partial charge in [-0.15, -0.1) is 0 Å². The highest BCUT2D eigenvalue weighted by Gasteiger charge is 2.03. The zero-order valence-corrected chi connectivity index (χ0v) is 8.02. The summed E-state index contributed by atoms with van der Waals surface area (Å²) in [4.78, 5) is 20.0. The van der Waals surface area contributed by atoms with Crippen molar-refractivity contribution >= 4 is 11.9 Å². The molecule has 0 atom stereocenters. The van der Waals surface area contributed by atoms with Gasteiger partial charge in [-0.25, -0.2) is 4.79 Å². The lowest BCUT2D eigenvalue weighted by atomic mass is 10.4. The molecule has 0 aliphatic carbocycles. The summed E-state index contributed by atoms with van der Waals surface area (Å²) in [5, 5.41) is 7.72. The van der Waals surface area contributed by atoms with E-state index in [1.54, 1.807) is 13.0 Å². The van der Waals surface area contributed by atoms with Gasteiger partial charge in [0.05, 0.1) is 18.9 Å². The second-order valence-corrected chi connectivity index (χ2v) is 2.25. The van der Waals surface area contributed by atoms with Crippen molar-refractivity contribution < 1.29 is 23.8 Å². The zero-order valence-electron chi connectivity index (χ0n) is 8.02. The molecule has 0 amide bonds. The van der Waals surface area contributed by atoms with Crippen LogP contribution in [0.1, 0.15) is 23.7 Å². The van der Waals surface area contributed by atoms with E-state index in [0.29, 0.717) is 5.56 Å². The minimum Gasteiger partial charge on any atom is -0.481 e. The third-order valence-corrected chi connectivity index (χ3v) is 1.24. The number of esters is 1. The molecule has 0 aromatic carbocycles. The Morgan fingerprint density at radius 1 is 1.57 bits per heavy atom. The number of methoxy groups -OCH3 is 1. The molecule has 1 rings (SSSR count). The molecule has 14 heavy (non-hydrogen) atoms. The fourth-order valence-corrected chi connectivity index (χ4v) is 0.498. The maximum Gasteiger partial charge on any atom is 0.341 e. The Hall–Kier alpha value is -1.78. The molecule has 0 saturated heterocycles. The van der Waals surface area contributed by atoms with Gasteiger partial charge in [0.25, 0.3) is 0 Å². The number of rotatable bonds is 2. The summed E-state index contributed by atoms with van der Waals surface area (Å²) in [5.41, 5.74) is 0.442. The standard InChI is InChI=1S/C6H6O3.C3H6O2/c1-8-6(7)5-2-3-9-4-5;1-2-3(4)5/h2-4H,1H3;2H2,1H3,(H,4,5). The van der Waals surface area contributed by atoms with Crippen LogP contribution in [0, 0.1) is 0 Å². The van der Waals surface area contributed by atoms with Gasteiger partial charge in [-0.3, -0.25) is 4.79 Å². The number of ether oxygens (including phenoxy) is 1. The third kappa shape index (κ3) is 4.97. The molecule has 1 heterocycles. The number of carbonyl (C=O) groups is 2. The molecule has 1 aromatic heterocycles. The molecule has 0 aliphatic heterocycles. The summed E-state index contributed by atoms with van der Waals surface area (Å²) in [6.45, 7) is 1.60. The number of hydrogen-bond donors (Lipinski definition) is 1. The van der Waals surface area contributed by atoms with Crippen LogP contribution in [0.4, 0.5) is 0 Å². The Morgan fingerprint density at radius 3 is 2.43 bits per heavy atom. The molecule has 0 spiro atoms. The molecule has 0 fully saturated rings. The lowest BCUT2D eigenvalue weighted by Crippen LogP contribution is -1.97. The van der Waals surface area contributed by atoms with Crippen molar-refractivity contribution in [3.8, 4) is 0 Å². The monoisotopic (exact) mass is 200 g/mol. The number of carboxylic acid groups (broad SMARTS) is 1. The molecular weight excluding hydrogens is 188 g/mol. The van der Waals surface area contributed by atoms with E-state index in [1.807, 2.05) is 0 Å². The molecule has 1 N–H and O–H groups in total. The number of carboxylic acids is 1. The predicted molar refractivity (Wildman–Crippen MR) is 48.0 cm³/mol. The molecule has 5 nitrogen and oxygen atoms in total. The maximum absolute atomic E-state index is 10.6. The van der Waals surface area contributed by atoms with Crippen molar-refractivity contribution in [3.63, 3.8) is 0 Å². The van der Waals surface area contributed by atoms with Gasteiger partial charge in [-0.2, -0.15) is 0 Å².